The topological polar surface area (TPSA) is 66.9 Å². The van der Waals surface area contributed by atoms with Crippen molar-refractivity contribution in [3.63, 3.8) is 0 Å². The molecule has 33 heavy (non-hydrogen) atoms. The van der Waals surface area contributed by atoms with Crippen molar-refractivity contribution in [1.82, 2.24) is 14.5 Å². The van der Waals surface area contributed by atoms with Gasteiger partial charge in [0.05, 0.1) is 13.6 Å². The molecule has 0 aliphatic heterocycles. The highest BCUT2D eigenvalue weighted by Gasteiger charge is 2.52. The van der Waals surface area contributed by atoms with Crippen LogP contribution >= 0.6 is 0 Å². The Balaban J connectivity index is 1.41. The van der Waals surface area contributed by atoms with Crippen molar-refractivity contribution in [1.29, 1.82) is 0 Å². The molecule has 3 atom stereocenters. The quantitative estimate of drug-likeness (QED) is 0.308. The molecule has 0 unspecified atom stereocenters. The lowest BCUT2D eigenvalue weighted by Crippen LogP contribution is -2.49. The number of imidazole rings is 1. The number of nitrogens with one attached hydrogen (secondary N) is 1. The van der Waals surface area contributed by atoms with Crippen LogP contribution in [0.15, 0.2) is 36.5 Å². The summed E-state index contributed by atoms with van der Waals surface area (Å²) in [5.41, 5.74) is 7.59. The molecule has 4 rings (SSSR count). The zero-order valence-corrected chi connectivity index (χ0v) is 21.2. The Hall–Kier alpha value is -2.21. The molecular weight excluding hydrogens is 410 g/mol. The molecule has 6 heteroatoms. The summed E-state index contributed by atoms with van der Waals surface area (Å²) in [7, 11) is 1.96. The first-order valence-corrected chi connectivity index (χ1v) is 12.6. The Labute approximate surface area is 198 Å². The van der Waals surface area contributed by atoms with E-state index in [0.717, 1.165) is 30.0 Å². The molecule has 2 heterocycles. The van der Waals surface area contributed by atoms with Crippen molar-refractivity contribution in [2.45, 2.75) is 85.6 Å². The van der Waals surface area contributed by atoms with Gasteiger partial charge in [0.2, 0.25) is 5.52 Å². The van der Waals surface area contributed by atoms with Crippen LogP contribution in [0.3, 0.4) is 0 Å². The van der Waals surface area contributed by atoms with Crippen LogP contribution < -0.4 is 10.0 Å². The number of nitrogens with zero attached hydrogens (tertiary/aromatic N) is 4. The van der Waals surface area contributed by atoms with Crippen LogP contribution in [0.2, 0.25) is 0 Å². The van der Waals surface area contributed by atoms with Gasteiger partial charge in [-0.1, -0.05) is 56.0 Å². The fourth-order valence-corrected chi connectivity index (χ4v) is 7.18. The zero-order valence-electron chi connectivity index (χ0n) is 21.2. The SMILES string of the molecule is C=C1CC[C@H]2C(C)(C)CCC[C@]2(C)[C@H]1CCC/C(C)=C/Cn1c[n+](C)c2ncnc(NO)c21. The number of aromatic nitrogens is 4. The predicted molar refractivity (Wildman–Crippen MR) is 133 cm³/mol. The van der Waals surface area contributed by atoms with Crippen molar-refractivity contribution >= 4 is 17.0 Å². The number of hydrogen-bond donors (Lipinski definition) is 2. The molecule has 0 bridgehead atoms. The molecule has 2 fully saturated rings. The lowest BCUT2D eigenvalue weighted by Gasteiger charge is -2.58. The third kappa shape index (κ3) is 4.46. The van der Waals surface area contributed by atoms with Gasteiger partial charge >= 0.3 is 5.65 Å². The normalized spacial score (nSPS) is 27.6. The van der Waals surface area contributed by atoms with E-state index >= 15 is 0 Å². The largest absolute Gasteiger partial charge is 0.307 e. The molecule has 2 aliphatic carbocycles. The standard InChI is InChI=1S/C27H42N5O/c1-19(13-16-32-18-31(6)25-23(32)24(30-33)28-17-29-25)9-7-10-21-20(2)11-12-22-26(3,4)14-8-15-27(21,22)5/h13,17-18,21-22,33H,2,7-12,14-16H2,1,3-6H3,(H,28,29,30)/q+1/b19-13+/t21-,22-,27+/m0/s1. The molecule has 2 aromatic heterocycles. The summed E-state index contributed by atoms with van der Waals surface area (Å²) in [6.45, 7) is 15.1. The van der Waals surface area contributed by atoms with E-state index in [0.29, 0.717) is 22.6 Å². The molecule has 2 aromatic rings. The predicted octanol–water partition coefficient (Wildman–Crippen LogP) is 5.97. The van der Waals surface area contributed by atoms with Crippen molar-refractivity contribution in [3.8, 4) is 0 Å². The third-order valence-corrected chi connectivity index (χ3v) is 8.86. The van der Waals surface area contributed by atoms with E-state index in [2.05, 4.69) is 60.4 Å². The van der Waals surface area contributed by atoms with Gasteiger partial charge in [-0.15, -0.1) is 0 Å². The number of fused-ring (bicyclic) bond motifs is 2. The summed E-state index contributed by atoms with van der Waals surface area (Å²) in [5.74, 6) is 1.91. The fraction of sp³-hybridized carbons (Fsp3) is 0.667. The van der Waals surface area contributed by atoms with E-state index in [4.69, 9.17) is 0 Å². The second-order valence-corrected chi connectivity index (χ2v) is 11.5. The summed E-state index contributed by atoms with van der Waals surface area (Å²) in [6, 6.07) is 0. The average Bonchev–Trinajstić information content (AvgIpc) is 3.09. The zero-order chi connectivity index (χ0) is 23.8. The number of anilines is 1. The van der Waals surface area contributed by atoms with E-state index in [-0.39, 0.29) is 0 Å². The molecule has 0 amide bonds. The molecule has 2 aliphatic rings. The van der Waals surface area contributed by atoms with Gasteiger partial charge in [0, 0.05) is 0 Å². The first kappa shape index (κ1) is 23.9. The van der Waals surface area contributed by atoms with Crippen molar-refractivity contribution < 1.29 is 9.77 Å². The number of aryl methyl sites for hydroxylation is 1. The Kier molecular flexibility index (Phi) is 6.68. The van der Waals surface area contributed by atoms with Crippen LogP contribution in [0, 0.1) is 22.7 Å². The lowest BCUT2D eigenvalue weighted by atomic mass is 9.47. The first-order valence-electron chi connectivity index (χ1n) is 12.6. The Morgan fingerprint density at radius 2 is 2.12 bits per heavy atom. The Bertz CT molecular complexity index is 1050. The van der Waals surface area contributed by atoms with Crippen LogP contribution in [0.5, 0.6) is 0 Å². The minimum Gasteiger partial charge on any atom is -0.290 e. The molecule has 0 spiro atoms. The highest BCUT2D eigenvalue weighted by Crippen LogP contribution is 2.61. The van der Waals surface area contributed by atoms with Crippen molar-refractivity contribution in [2.24, 2.45) is 29.7 Å². The maximum Gasteiger partial charge on any atom is 0.307 e. The smallest absolute Gasteiger partial charge is 0.290 e. The molecule has 0 radical (unpaired) electrons. The average molecular weight is 453 g/mol. The first-order chi connectivity index (χ1) is 15.7. The Morgan fingerprint density at radius 3 is 2.88 bits per heavy atom. The van der Waals surface area contributed by atoms with E-state index in [1.807, 2.05) is 17.9 Å². The summed E-state index contributed by atoms with van der Waals surface area (Å²) in [6.07, 6.45) is 16.0. The maximum absolute atomic E-state index is 9.46. The van der Waals surface area contributed by atoms with Gasteiger partial charge in [-0.2, -0.15) is 4.98 Å². The molecule has 0 aromatic carbocycles. The summed E-state index contributed by atoms with van der Waals surface area (Å²) < 4.78 is 4.04. The number of rotatable bonds is 7. The van der Waals surface area contributed by atoms with Crippen molar-refractivity contribution in [2.75, 3.05) is 5.48 Å². The van der Waals surface area contributed by atoms with Gasteiger partial charge < -0.3 is 0 Å². The maximum atomic E-state index is 9.46. The highest BCUT2D eigenvalue weighted by atomic mass is 16.5. The molecule has 6 nitrogen and oxygen atoms in total. The molecule has 180 valence electrons. The second kappa shape index (κ2) is 9.21. The fourth-order valence-electron chi connectivity index (χ4n) is 7.18. The summed E-state index contributed by atoms with van der Waals surface area (Å²) >= 11 is 0. The molecular formula is C27H42N5O+. The van der Waals surface area contributed by atoms with E-state index in [1.54, 1.807) is 0 Å². The minimum atomic E-state index is 0.418. The highest BCUT2D eigenvalue weighted by molar-refractivity contribution is 5.80. The minimum absolute atomic E-state index is 0.418. The van der Waals surface area contributed by atoms with Gasteiger partial charge in [0.25, 0.3) is 0 Å². The van der Waals surface area contributed by atoms with Crippen LogP contribution in [-0.4, -0.2) is 19.7 Å². The molecule has 0 saturated heterocycles. The Morgan fingerprint density at radius 1 is 1.33 bits per heavy atom. The van der Waals surface area contributed by atoms with Gasteiger partial charge in [-0.25, -0.2) is 10.0 Å². The molecule has 2 saturated carbocycles. The molecule has 2 N–H and O–H groups in total. The summed E-state index contributed by atoms with van der Waals surface area (Å²) in [4.78, 5) is 8.50. The van der Waals surface area contributed by atoms with Crippen molar-refractivity contribution in [3.05, 3.63) is 36.5 Å². The van der Waals surface area contributed by atoms with Crippen LogP contribution in [-0.2, 0) is 13.6 Å². The van der Waals surface area contributed by atoms with Gasteiger partial charge in [0.1, 0.15) is 0 Å². The second-order valence-electron chi connectivity index (χ2n) is 11.5. The van der Waals surface area contributed by atoms with Gasteiger partial charge in [-0.05, 0) is 74.5 Å². The van der Waals surface area contributed by atoms with Gasteiger partial charge in [-0.3, -0.25) is 9.77 Å². The summed E-state index contributed by atoms with van der Waals surface area (Å²) in [5, 5.41) is 9.46. The van der Waals surface area contributed by atoms with E-state index < -0.39 is 0 Å². The van der Waals surface area contributed by atoms with Gasteiger partial charge in [0.15, 0.2) is 18.5 Å². The lowest BCUT2D eigenvalue weighted by molar-refractivity contribution is -0.647. The van der Waals surface area contributed by atoms with E-state index in [1.165, 1.54) is 62.4 Å². The van der Waals surface area contributed by atoms with Crippen LogP contribution in [0.1, 0.15) is 79.1 Å². The third-order valence-electron chi connectivity index (χ3n) is 8.86. The van der Waals surface area contributed by atoms with Crippen LogP contribution in [0.4, 0.5) is 5.82 Å². The van der Waals surface area contributed by atoms with Crippen LogP contribution in [0.25, 0.3) is 11.2 Å². The number of allylic oxidation sites excluding steroid dienone is 3. The monoisotopic (exact) mass is 452 g/mol. The van der Waals surface area contributed by atoms with E-state index in [9.17, 15) is 5.21 Å². The number of hydrogen-bond acceptors (Lipinski definition) is 4.